The van der Waals surface area contributed by atoms with Gasteiger partial charge in [0.2, 0.25) is 0 Å². The predicted octanol–water partition coefficient (Wildman–Crippen LogP) is 16.7. The molecule has 0 aliphatic heterocycles. The van der Waals surface area contributed by atoms with E-state index in [-0.39, 0.29) is 0 Å². The first-order valence-corrected chi connectivity index (χ1v) is 20.9. The molecule has 0 aliphatic rings. The van der Waals surface area contributed by atoms with E-state index in [2.05, 4.69) is 217 Å². The van der Waals surface area contributed by atoms with E-state index in [0.29, 0.717) is 0 Å². The molecule has 0 saturated carbocycles. The van der Waals surface area contributed by atoms with Crippen molar-refractivity contribution in [1.82, 2.24) is 0 Å². The third-order valence-corrected chi connectivity index (χ3v) is 13.0. The number of furan rings is 1. The van der Waals surface area contributed by atoms with Gasteiger partial charge in [-0.2, -0.15) is 0 Å². The van der Waals surface area contributed by atoms with Crippen LogP contribution in [0.4, 0.5) is 17.1 Å². The van der Waals surface area contributed by atoms with Crippen LogP contribution in [-0.2, 0) is 0 Å². The van der Waals surface area contributed by atoms with Crippen LogP contribution in [0.15, 0.2) is 217 Å². The van der Waals surface area contributed by atoms with Crippen molar-refractivity contribution >= 4 is 92.1 Å². The van der Waals surface area contributed by atoms with Gasteiger partial charge in [-0.1, -0.05) is 158 Å². The molecular weight excluding hydrogens is 735 g/mol. The minimum Gasteiger partial charge on any atom is -0.455 e. The van der Waals surface area contributed by atoms with E-state index in [1.165, 1.54) is 58.6 Å². The highest BCUT2D eigenvalue weighted by atomic mass is 32.1. The Labute approximate surface area is 345 Å². The SMILES string of the molecule is c1ccc(N(c2ccc(-c3cccc4ccccc34)cc2)c2ccc(-c3cccc4sc5ccccc5c34)cc2)c(-c2cccc3oc4c5ccccc5ccc4c23)c1. The minimum absolute atomic E-state index is 0.883. The average molecular weight is 770 g/mol. The molecule has 0 saturated heterocycles. The molecule has 0 radical (unpaired) electrons. The average Bonchev–Trinajstić information content (AvgIpc) is 3.89. The van der Waals surface area contributed by atoms with Gasteiger partial charge in [0.15, 0.2) is 0 Å². The van der Waals surface area contributed by atoms with Gasteiger partial charge in [-0.15, -0.1) is 11.3 Å². The number of para-hydroxylation sites is 1. The molecule has 2 nitrogen and oxygen atoms in total. The number of hydrogen-bond donors (Lipinski definition) is 0. The predicted molar refractivity (Wildman–Crippen MR) is 253 cm³/mol. The standard InChI is InChI=1S/C56H35NOS/c1-3-15-42-36(12-1)14-9-19-43(42)38-26-31-40(32-27-38)57(41-33-28-39(29-34-41)44-20-11-25-53-55(44)48-18-6-8-24-52(48)59-53)50-22-7-5-17-46(50)47-21-10-23-51-54(47)49-35-30-37-13-2-4-16-45(37)56(49)58-51/h1-35H. The maximum atomic E-state index is 6.68. The zero-order valence-corrected chi connectivity index (χ0v) is 32.8. The van der Waals surface area contributed by atoms with E-state index >= 15 is 0 Å². The molecule has 0 unspecified atom stereocenters. The molecule has 0 amide bonds. The van der Waals surface area contributed by atoms with Gasteiger partial charge in [0.05, 0.1) is 5.69 Å². The van der Waals surface area contributed by atoms with Crippen LogP contribution in [0, 0.1) is 0 Å². The topological polar surface area (TPSA) is 16.4 Å². The second-order valence-electron chi connectivity index (χ2n) is 15.2. The summed E-state index contributed by atoms with van der Waals surface area (Å²) in [6, 6.07) is 76.9. The van der Waals surface area contributed by atoms with Gasteiger partial charge >= 0.3 is 0 Å². The molecule has 12 aromatic rings. The van der Waals surface area contributed by atoms with Crippen molar-refractivity contribution in [2.45, 2.75) is 0 Å². The summed E-state index contributed by atoms with van der Waals surface area (Å²) in [6.07, 6.45) is 0. The molecule has 0 bridgehead atoms. The van der Waals surface area contributed by atoms with Crippen molar-refractivity contribution in [2.75, 3.05) is 4.90 Å². The summed E-state index contributed by atoms with van der Waals surface area (Å²) >= 11 is 1.86. The number of nitrogens with zero attached hydrogens (tertiary/aromatic N) is 1. The summed E-state index contributed by atoms with van der Waals surface area (Å²) in [5.41, 5.74) is 12.2. The van der Waals surface area contributed by atoms with Crippen molar-refractivity contribution in [3.8, 4) is 33.4 Å². The lowest BCUT2D eigenvalue weighted by Gasteiger charge is -2.28. The lowest BCUT2D eigenvalue weighted by molar-refractivity contribution is 0.673. The van der Waals surface area contributed by atoms with Crippen molar-refractivity contribution in [2.24, 2.45) is 0 Å². The number of benzene rings is 10. The first kappa shape index (κ1) is 33.7. The van der Waals surface area contributed by atoms with Crippen molar-refractivity contribution in [3.05, 3.63) is 212 Å². The lowest BCUT2D eigenvalue weighted by atomic mass is 9.95. The highest BCUT2D eigenvalue weighted by Gasteiger charge is 2.22. The second kappa shape index (κ2) is 13.6. The maximum absolute atomic E-state index is 6.68. The van der Waals surface area contributed by atoms with Gasteiger partial charge < -0.3 is 9.32 Å². The molecule has 0 spiro atoms. The van der Waals surface area contributed by atoms with Gasteiger partial charge in [0.1, 0.15) is 11.2 Å². The van der Waals surface area contributed by atoms with Crippen LogP contribution in [0.3, 0.4) is 0 Å². The fourth-order valence-corrected chi connectivity index (χ4v) is 10.3. The van der Waals surface area contributed by atoms with Crippen LogP contribution in [0.5, 0.6) is 0 Å². The highest BCUT2D eigenvalue weighted by molar-refractivity contribution is 7.25. The third kappa shape index (κ3) is 5.47. The lowest BCUT2D eigenvalue weighted by Crippen LogP contribution is -2.11. The molecule has 10 aromatic carbocycles. The Kier molecular flexibility index (Phi) is 7.75. The Bertz CT molecular complexity index is 3550. The maximum Gasteiger partial charge on any atom is 0.143 e. The molecule has 2 aromatic heterocycles. The molecule has 2 heterocycles. The molecule has 0 N–H and O–H groups in total. The first-order valence-electron chi connectivity index (χ1n) is 20.1. The van der Waals surface area contributed by atoms with Crippen molar-refractivity contribution in [1.29, 1.82) is 0 Å². The number of hydrogen-bond acceptors (Lipinski definition) is 3. The van der Waals surface area contributed by atoms with Crippen molar-refractivity contribution in [3.63, 3.8) is 0 Å². The number of thiophene rings is 1. The summed E-state index contributed by atoms with van der Waals surface area (Å²) in [5, 5.41) is 9.66. The molecular formula is C56H35NOS. The van der Waals surface area contributed by atoms with Crippen LogP contribution in [0.1, 0.15) is 0 Å². The molecule has 12 rings (SSSR count). The van der Waals surface area contributed by atoms with Gasteiger partial charge in [-0.05, 0) is 98.6 Å². The Balaban J connectivity index is 1.04. The zero-order valence-electron chi connectivity index (χ0n) is 32.0. The zero-order chi connectivity index (χ0) is 38.9. The molecule has 3 heteroatoms. The Morgan fingerprint density at radius 1 is 0.339 bits per heavy atom. The highest BCUT2D eigenvalue weighted by Crippen LogP contribution is 2.47. The molecule has 0 atom stereocenters. The summed E-state index contributed by atoms with van der Waals surface area (Å²) in [6.45, 7) is 0. The molecule has 59 heavy (non-hydrogen) atoms. The number of rotatable bonds is 6. The third-order valence-electron chi connectivity index (χ3n) is 11.9. The van der Waals surface area contributed by atoms with Gasteiger partial charge in [0.25, 0.3) is 0 Å². The van der Waals surface area contributed by atoms with E-state index in [9.17, 15) is 0 Å². The van der Waals surface area contributed by atoms with Crippen LogP contribution < -0.4 is 4.90 Å². The fourth-order valence-electron chi connectivity index (χ4n) is 9.17. The number of fused-ring (bicyclic) bond motifs is 9. The fraction of sp³-hybridized carbons (Fsp3) is 0. The van der Waals surface area contributed by atoms with Gasteiger partial charge in [0, 0.05) is 53.3 Å². The summed E-state index contributed by atoms with van der Waals surface area (Å²) in [5.74, 6) is 0. The number of anilines is 3. The van der Waals surface area contributed by atoms with E-state index in [0.717, 1.165) is 55.5 Å². The Morgan fingerprint density at radius 3 is 1.71 bits per heavy atom. The summed E-state index contributed by atoms with van der Waals surface area (Å²) in [7, 11) is 0. The van der Waals surface area contributed by atoms with Crippen LogP contribution >= 0.6 is 11.3 Å². The van der Waals surface area contributed by atoms with Crippen LogP contribution in [0.2, 0.25) is 0 Å². The van der Waals surface area contributed by atoms with E-state index < -0.39 is 0 Å². The summed E-state index contributed by atoms with van der Waals surface area (Å²) < 4.78 is 9.30. The molecule has 276 valence electrons. The Hall–Kier alpha value is -7.46. The van der Waals surface area contributed by atoms with E-state index in [4.69, 9.17) is 4.42 Å². The van der Waals surface area contributed by atoms with Gasteiger partial charge in [-0.25, -0.2) is 0 Å². The van der Waals surface area contributed by atoms with Crippen molar-refractivity contribution < 1.29 is 4.42 Å². The van der Waals surface area contributed by atoms with Gasteiger partial charge in [-0.3, -0.25) is 0 Å². The Morgan fingerprint density at radius 2 is 0.898 bits per heavy atom. The molecule has 0 fully saturated rings. The normalized spacial score (nSPS) is 11.7. The smallest absolute Gasteiger partial charge is 0.143 e. The van der Waals surface area contributed by atoms with E-state index in [1.807, 2.05) is 11.3 Å². The summed E-state index contributed by atoms with van der Waals surface area (Å²) in [4.78, 5) is 2.41. The largest absolute Gasteiger partial charge is 0.455 e. The van der Waals surface area contributed by atoms with E-state index in [1.54, 1.807) is 0 Å². The molecule has 0 aliphatic carbocycles. The second-order valence-corrected chi connectivity index (χ2v) is 16.3. The first-order chi connectivity index (χ1) is 29.3. The minimum atomic E-state index is 0.883. The monoisotopic (exact) mass is 769 g/mol. The quantitative estimate of drug-likeness (QED) is 0.167. The van der Waals surface area contributed by atoms with Crippen LogP contribution in [0.25, 0.3) is 97.0 Å². The van der Waals surface area contributed by atoms with Crippen LogP contribution in [-0.4, -0.2) is 0 Å².